The Morgan fingerprint density at radius 2 is 1.67 bits per heavy atom. The normalized spacial score (nSPS) is 15.9. The molecule has 4 aromatic rings. The molecule has 0 radical (unpaired) electrons. The van der Waals surface area contributed by atoms with E-state index >= 15 is 0 Å². The molecular formula is C30H29F3N6O4. The van der Waals surface area contributed by atoms with Crippen molar-refractivity contribution in [3.8, 4) is 0 Å². The summed E-state index contributed by atoms with van der Waals surface area (Å²) in [7, 11) is 1.35. The first-order valence-electron chi connectivity index (χ1n) is 14.0. The van der Waals surface area contributed by atoms with Gasteiger partial charge in [0.25, 0.3) is 11.8 Å². The lowest BCUT2D eigenvalue weighted by Gasteiger charge is -2.33. The number of alkyl halides is 3. The van der Waals surface area contributed by atoms with Crippen molar-refractivity contribution in [2.24, 2.45) is 5.92 Å². The van der Waals surface area contributed by atoms with Crippen molar-refractivity contribution in [1.29, 1.82) is 0 Å². The number of benzene rings is 2. The third-order valence-corrected chi connectivity index (χ3v) is 8.26. The van der Waals surface area contributed by atoms with E-state index in [9.17, 15) is 27.6 Å². The number of carbonyl (C=O) groups is 3. The van der Waals surface area contributed by atoms with E-state index < -0.39 is 17.8 Å². The highest BCUT2D eigenvalue weighted by Gasteiger charge is 2.36. The summed E-state index contributed by atoms with van der Waals surface area (Å²) in [6, 6.07) is 11.5. The average Bonchev–Trinajstić information content (AvgIpc) is 3.64. The second-order valence-electron chi connectivity index (χ2n) is 10.9. The molecule has 0 saturated carbocycles. The number of esters is 1. The minimum absolute atomic E-state index is 0.107. The van der Waals surface area contributed by atoms with E-state index in [1.165, 1.54) is 36.4 Å². The molecule has 4 heterocycles. The number of nitrogens with zero attached hydrogens (tertiary/aromatic N) is 5. The third-order valence-electron chi connectivity index (χ3n) is 8.26. The van der Waals surface area contributed by atoms with E-state index in [-0.39, 0.29) is 41.4 Å². The Labute approximate surface area is 244 Å². The van der Waals surface area contributed by atoms with Crippen LogP contribution in [0.25, 0.3) is 10.9 Å². The van der Waals surface area contributed by atoms with E-state index in [4.69, 9.17) is 4.74 Å². The predicted molar refractivity (Wildman–Crippen MR) is 148 cm³/mol. The fourth-order valence-electron chi connectivity index (χ4n) is 5.88. The van der Waals surface area contributed by atoms with E-state index in [0.29, 0.717) is 42.6 Å². The number of amides is 2. The van der Waals surface area contributed by atoms with Crippen LogP contribution in [0.3, 0.4) is 0 Å². The minimum Gasteiger partial charge on any atom is -0.465 e. The number of likely N-dealkylation sites (tertiary alicyclic amines) is 1. The Morgan fingerprint density at radius 3 is 2.37 bits per heavy atom. The first kappa shape index (κ1) is 28.4. The Bertz CT molecular complexity index is 1690. The first-order chi connectivity index (χ1) is 20.6. The van der Waals surface area contributed by atoms with Crippen LogP contribution < -0.4 is 0 Å². The van der Waals surface area contributed by atoms with Gasteiger partial charge in [0.15, 0.2) is 0 Å². The maximum absolute atomic E-state index is 13.4. The van der Waals surface area contributed by atoms with Crippen LogP contribution in [0, 0.1) is 5.92 Å². The third kappa shape index (κ3) is 5.58. The van der Waals surface area contributed by atoms with Crippen LogP contribution in [0.15, 0.2) is 48.7 Å². The van der Waals surface area contributed by atoms with Gasteiger partial charge in [0.2, 0.25) is 0 Å². The molecule has 0 unspecified atom stereocenters. The van der Waals surface area contributed by atoms with Crippen LogP contribution in [-0.4, -0.2) is 74.1 Å². The van der Waals surface area contributed by atoms with Crippen molar-refractivity contribution >= 4 is 28.7 Å². The molecule has 2 aromatic heterocycles. The molecule has 10 nitrogen and oxygen atoms in total. The number of aromatic nitrogens is 4. The molecule has 1 saturated heterocycles. The number of ether oxygens (including phenoxy) is 1. The van der Waals surface area contributed by atoms with Gasteiger partial charge in [-0.3, -0.25) is 14.7 Å². The van der Waals surface area contributed by atoms with Crippen LogP contribution in [0.4, 0.5) is 13.2 Å². The molecule has 2 amide bonds. The summed E-state index contributed by atoms with van der Waals surface area (Å²) < 4.78 is 46.6. The van der Waals surface area contributed by atoms with Gasteiger partial charge in [0.05, 0.1) is 30.9 Å². The summed E-state index contributed by atoms with van der Waals surface area (Å²) in [5.41, 5.74) is 1.37. The van der Waals surface area contributed by atoms with Gasteiger partial charge in [0, 0.05) is 37.1 Å². The van der Waals surface area contributed by atoms with Crippen LogP contribution >= 0.6 is 0 Å². The molecule has 2 aliphatic heterocycles. The largest absolute Gasteiger partial charge is 0.465 e. The molecule has 43 heavy (non-hydrogen) atoms. The number of piperidine rings is 1. The maximum atomic E-state index is 13.4. The number of fused-ring (bicyclic) bond motifs is 2. The number of imidazole rings is 1. The van der Waals surface area contributed by atoms with Gasteiger partial charge in [-0.15, -0.1) is 0 Å². The monoisotopic (exact) mass is 594 g/mol. The fourth-order valence-corrected chi connectivity index (χ4v) is 5.88. The van der Waals surface area contributed by atoms with Gasteiger partial charge in [0.1, 0.15) is 17.2 Å². The molecule has 2 aromatic carbocycles. The van der Waals surface area contributed by atoms with Crippen molar-refractivity contribution in [3.05, 3.63) is 82.6 Å². The standard InChI is InChI=1S/C30H29F3N6O4/c1-43-29(42)20-4-2-18(3-5-20)14-19-8-10-37(11-9-19)28(41)24-16-34-25-17-38(12-13-39(24)25)27(40)21-6-7-23-22(15-21)26(36-35-23)30(31,32)33/h2-7,15-16,19H,8-14,17H2,1H3,(H,35,36). The molecule has 6 rings (SSSR count). The van der Waals surface area contributed by atoms with Gasteiger partial charge < -0.3 is 19.1 Å². The summed E-state index contributed by atoms with van der Waals surface area (Å²) in [6.45, 7) is 2.01. The molecule has 0 aliphatic carbocycles. The molecule has 2 aliphatic rings. The SMILES string of the molecule is COC(=O)c1ccc(CC2CCN(C(=O)c3cnc4n3CCN(C(=O)c3ccc5n[nH]c(C(F)(F)F)c5c3)C4)CC2)cc1. The topological polar surface area (TPSA) is 113 Å². The molecule has 224 valence electrons. The summed E-state index contributed by atoms with van der Waals surface area (Å²) in [6.07, 6.45) is -0.520. The number of hydrogen-bond acceptors (Lipinski definition) is 6. The molecule has 1 N–H and O–H groups in total. The number of carbonyl (C=O) groups excluding carboxylic acids is 3. The Balaban J connectivity index is 1.07. The summed E-state index contributed by atoms with van der Waals surface area (Å²) >= 11 is 0. The van der Waals surface area contributed by atoms with Gasteiger partial charge >= 0.3 is 12.1 Å². The van der Waals surface area contributed by atoms with Crippen molar-refractivity contribution in [3.63, 3.8) is 0 Å². The Hall–Kier alpha value is -4.68. The molecule has 0 spiro atoms. The number of halogens is 3. The van der Waals surface area contributed by atoms with E-state index in [2.05, 4.69) is 10.1 Å². The zero-order valence-electron chi connectivity index (χ0n) is 23.4. The number of hydrogen-bond donors (Lipinski definition) is 1. The first-order valence-corrected chi connectivity index (χ1v) is 14.0. The zero-order chi connectivity index (χ0) is 30.3. The number of aromatic amines is 1. The summed E-state index contributed by atoms with van der Waals surface area (Å²) in [5.74, 6) is 0.0776. The van der Waals surface area contributed by atoms with Crippen LogP contribution in [0.1, 0.15) is 61.1 Å². The maximum Gasteiger partial charge on any atom is 0.433 e. The molecule has 0 bridgehead atoms. The highest BCUT2D eigenvalue weighted by molar-refractivity contribution is 5.98. The lowest BCUT2D eigenvalue weighted by molar-refractivity contribution is -0.139. The molecule has 0 atom stereocenters. The molecule has 13 heteroatoms. The van der Waals surface area contributed by atoms with Crippen molar-refractivity contribution in [1.82, 2.24) is 29.5 Å². The lowest BCUT2D eigenvalue weighted by atomic mass is 9.90. The molecular weight excluding hydrogens is 565 g/mol. The van der Waals surface area contributed by atoms with Crippen LogP contribution in [0.2, 0.25) is 0 Å². The quantitative estimate of drug-likeness (QED) is 0.345. The highest BCUT2D eigenvalue weighted by Crippen LogP contribution is 2.33. The number of rotatable bonds is 5. The number of nitrogens with one attached hydrogen (secondary N) is 1. The van der Waals surface area contributed by atoms with E-state index in [0.717, 1.165) is 24.8 Å². The Morgan fingerprint density at radius 1 is 0.953 bits per heavy atom. The minimum atomic E-state index is -4.62. The van der Waals surface area contributed by atoms with E-state index in [1.54, 1.807) is 12.1 Å². The van der Waals surface area contributed by atoms with Gasteiger partial charge in [-0.1, -0.05) is 12.1 Å². The Kier molecular flexibility index (Phi) is 7.40. The molecule has 1 fully saturated rings. The lowest BCUT2D eigenvalue weighted by Crippen LogP contribution is -2.42. The van der Waals surface area contributed by atoms with Gasteiger partial charge in [-0.25, -0.2) is 9.78 Å². The van der Waals surface area contributed by atoms with Gasteiger partial charge in [-0.05, 0) is 61.1 Å². The summed E-state index contributed by atoms with van der Waals surface area (Å²) in [4.78, 5) is 46.1. The van der Waals surface area contributed by atoms with E-state index in [1.807, 2.05) is 26.7 Å². The average molecular weight is 595 g/mol. The second-order valence-corrected chi connectivity index (χ2v) is 10.9. The van der Waals surface area contributed by atoms with Gasteiger partial charge in [-0.2, -0.15) is 18.3 Å². The van der Waals surface area contributed by atoms with Crippen molar-refractivity contribution < 1.29 is 32.3 Å². The predicted octanol–water partition coefficient (Wildman–Crippen LogP) is 4.32. The highest BCUT2D eigenvalue weighted by atomic mass is 19.4. The van der Waals surface area contributed by atoms with Crippen LogP contribution in [0.5, 0.6) is 0 Å². The van der Waals surface area contributed by atoms with Crippen molar-refractivity contribution in [2.75, 3.05) is 26.7 Å². The zero-order valence-corrected chi connectivity index (χ0v) is 23.4. The smallest absolute Gasteiger partial charge is 0.433 e. The number of H-pyrrole nitrogens is 1. The summed E-state index contributed by atoms with van der Waals surface area (Å²) in [5, 5.41) is 5.53. The van der Waals surface area contributed by atoms with Crippen LogP contribution in [-0.2, 0) is 30.4 Å². The second kappa shape index (κ2) is 11.2. The number of methoxy groups -OCH3 is 1. The van der Waals surface area contributed by atoms with Crippen molar-refractivity contribution in [2.45, 2.75) is 38.5 Å². The fraction of sp³-hybridized carbons (Fsp3) is 0.367.